The Balaban J connectivity index is 1.56. The van der Waals surface area contributed by atoms with Gasteiger partial charge in [-0.05, 0) is 32.1 Å². The average molecular weight is 335 g/mol. The molecule has 0 radical (unpaired) electrons. The Morgan fingerprint density at radius 3 is 2.91 bits per heavy atom. The van der Waals surface area contributed by atoms with E-state index in [0.29, 0.717) is 17.6 Å². The molecule has 2 heterocycles. The lowest BCUT2D eigenvalue weighted by atomic mass is 9.95. The van der Waals surface area contributed by atoms with E-state index in [2.05, 4.69) is 10.3 Å². The monoisotopic (exact) mass is 335 g/mol. The topological polar surface area (TPSA) is 62.3 Å². The molecule has 23 heavy (non-hydrogen) atoms. The minimum Gasteiger partial charge on any atom is -0.342 e. The van der Waals surface area contributed by atoms with Crippen LogP contribution in [0.1, 0.15) is 57.6 Å². The molecule has 2 aliphatic rings. The number of hydrogen-bond donors (Lipinski definition) is 1. The third kappa shape index (κ3) is 3.91. The summed E-state index contributed by atoms with van der Waals surface area (Å²) in [4.78, 5) is 31.2. The van der Waals surface area contributed by atoms with Crippen molar-refractivity contribution in [2.24, 2.45) is 11.8 Å². The fourth-order valence-corrected chi connectivity index (χ4v) is 3.79. The molecule has 2 atom stereocenters. The molecule has 2 fully saturated rings. The largest absolute Gasteiger partial charge is 0.342 e. The van der Waals surface area contributed by atoms with Crippen molar-refractivity contribution in [1.29, 1.82) is 0 Å². The maximum absolute atomic E-state index is 12.5. The van der Waals surface area contributed by atoms with Gasteiger partial charge >= 0.3 is 0 Å². The minimum atomic E-state index is -0.120. The van der Waals surface area contributed by atoms with Gasteiger partial charge in [0, 0.05) is 30.3 Å². The summed E-state index contributed by atoms with van der Waals surface area (Å²) in [5.41, 5.74) is 1.11. The van der Waals surface area contributed by atoms with Crippen molar-refractivity contribution in [2.45, 2.75) is 51.9 Å². The third-order valence-corrected chi connectivity index (χ3v) is 5.66. The fraction of sp³-hybridized carbons (Fsp3) is 0.706. The van der Waals surface area contributed by atoms with Gasteiger partial charge in [-0.3, -0.25) is 9.59 Å². The van der Waals surface area contributed by atoms with Crippen LogP contribution in [-0.2, 0) is 9.59 Å². The number of carbonyl (C=O) groups is 2. The first-order valence-electron chi connectivity index (χ1n) is 8.63. The number of piperidine rings is 1. The van der Waals surface area contributed by atoms with Gasteiger partial charge in [0.1, 0.15) is 0 Å². The number of nitrogens with one attached hydrogen (secondary N) is 1. The summed E-state index contributed by atoms with van der Waals surface area (Å²) < 4.78 is 0. The van der Waals surface area contributed by atoms with Crippen LogP contribution in [0.4, 0.5) is 5.13 Å². The third-order valence-electron chi connectivity index (χ3n) is 4.89. The maximum atomic E-state index is 12.5. The van der Waals surface area contributed by atoms with Crippen molar-refractivity contribution in [3.8, 4) is 0 Å². The van der Waals surface area contributed by atoms with Gasteiger partial charge in [-0.25, -0.2) is 4.98 Å². The van der Waals surface area contributed by atoms with Gasteiger partial charge in [-0.1, -0.05) is 13.8 Å². The molecule has 5 nitrogen and oxygen atoms in total. The van der Waals surface area contributed by atoms with Crippen molar-refractivity contribution < 1.29 is 9.59 Å². The Morgan fingerprint density at radius 2 is 2.22 bits per heavy atom. The number of amides is 2. The lowest BCUT2D eigenvalue weighted by molar-refractivity contribution is -0.138. The van der Waals surface area contributed by atoms with Crippen LogP contribution < -0.4 is 5.32 Å². The molecule has 0 aromatic carbocycles. The summed E-state index contributed by atoms with van der Waals surface area (Å²) in [7, 11) is 0. The molecule has 1 aromatic rings. The van der Waals surface area contributed by atoms with E-state index in [1.54, 1.807) is 0 Å². The number of aromatic nitrogens is 1. The van der Waals surface area contributed by atoms with E-state index < -0.39 is 0 Å². The van der Waals surface area contributed by atoms with Crippen LogP contribution >= 0.6 is 11.3 Å². The van der Waals surface area contributed by atoms with Gasteiger partial charge < -0.3 is 10.2 Å². The molecule has 6 heteroatoms. The summed E-state index contributed by atoms with van der Waals surface area (Å²) in [6.07, 6.45) is 5.01. The maximum Gasteiger partial charge on any atom is 0.231 e. The van der Waals surface area contributed by atoms with E-state index in [1.165, 1.54) is 24.2 Å². The first-order valence-corrected chi connectivity index (χ1v) is 9.51. The van der Waals surface area contributed by atoms with Crippen LogP contribution in [0.15, 0.2) is 5.38 Å². The molecular weight excluding hydrogens is 310 g/mol. The molecule has 1 saturated heterocycles. The summed E-state index contributed by atoms with van der Waals surface area (Å²) in [6, 6.07) is 0. The van der Waals surface area contributed by atoms with Crippen LogP contribution in [0.5, 0.6) is 0 Å². The quantitative estimate of drug-likeness (QED) is 0.898. The first kappa shape index (κ1) is 16.4. The van der Waals surface area contributed by atoms with E-state index in [9.17, 15) is 9.59 Å². The van der Waals surface area contributed by atoms with Crippen LogP contribution in [0.25, 0.3) is 0 Å². The predicted octanol–water partition coefficient (Wildman–Crippen LogP) is 3.24. The molecule has 0 bridgehead atoms. The zero-order valence-electron chi connectivity index (χ0n) is 13.9. The van der Waals surface area contributed by atoms with Crippen molar-refractivity contribution >= 4 is 28.3 Å². The summed E-state index contributed by atoms with van der Waals surface area (Å²) in [6.45, 7) is 5.30. The molecule has 1 aliphatic heterocycles. The van der Waals surface area contributed by atoms with E-state index in [4.69, 9.17) is 0 Å². The molecular formula is C17H25N3O2S. The second-order valence-electron chi connectivity index (χ2n) is 6.77. The Kier molecular flexibility index (Phi) is 4.99. The molecule has 0 spiro atoms. The zero-order chi connectivity index (χ0) is 16.4. The van der Waals surface area contributed by atoms with Gasteiger partial charge in [-0.15, -0.1) is 11.3 Å². The van der Waals surface area contributed by atoms with Crippen molar-refractivity contribution in [3.05, 3.63) is 11.1 Å². The Hall–Kier alpha value is -1.43. The fourth-order valence-electron chi connectivity index (χ4n) is 3.00. The summed E-state index contributed by atoms with van der Waals surface area (Å²) in [5.74, 6) is 0.704. The lowest BCUT2D eigenvalue weighted by Gasteiger charge is -2.33. The Morgan fingerprint density at radius 1 is 1.43 bits per heavy atom. The van der Waals surface area contributed by atoms with E-state index in [0.717, 1.165) is 31.5 Å². The highest BCUT2D eigenvalue weighted by Crippen LogP contribution is 2.40. The molecule has 3 rings (SSSR count). The van der Waals surface area contributed by atoms with E-state index in [-0.39, 0.29) is 23.7 Å². The molecule has 1 aliphatic carbocycles. The molecule has 2 amide bonds. The van der Waals surface area contributed by atoms with Crippen molar-refractivity contribution in [1.82, 2.24) is 9.88 Å². The van der Waals surface area contributed by atoms with Crippen LogP contribution in [-0.4, -0.2) is 34.8 Å². The van der Waals surface area contributed by atoms with Crippen LogP contribution in [0, 0.1) is 11.8 Å². The van der Waals surface area contributed by atoms with Gasteiger partial charge in [-0.2, -0.15) is 0 Å². The first-order chi connectivity index (χ1) is 11.1. The smallest absolute Gasteiger partial charge is 0.231 e. The second kappa shape index (κ2) is 6.99. The normalized spacial score (nSPS) is 22.7. The molecule has 1 N–H and O–H groups in total. The lowest BCUT2D eigenvalue weighted by Crippen LogP contribution is -2.45. The van der Waals surface area contributed by atoms with Crippen molar-refractivity contribution in [3.63, 3.8) is 0 Å². The van der Waals surface area contributed by atoms with Crippen LogP contribution in [0.2, 0.25) is 0 Å². The average Bonchev–Trinajstić information content (AvgIpc) is 3.33. The number of rotatable bonds is 5. The zero-order valence-corrected chi connectivity index (χ0v) is 14.7. The highest BCUT2D eigenvalue weighted by molar-refractivity contribution is 7.13. The predicted molar refractivity (Wildman–Crippen MR) is 91.5 cm³/mol. The number of nitrogens with zero attached hydrogens (tertiary/aromatic N) is 2. The summed E-state index contributed by atoms with van der Waals surface area (Å²) in [5, 5.41) is 5.69. The number of carbonyl (C=O) groups excluding carboxylic acids is 2. The number of anilines is 1. The highest BCUT2D eigenvalue weighted by atomic mass is 32.1. The van der Waals surface area contributed by atoms with Crippen molar-refractivity contribution in [2.75, 3.05) is 18.4 Å². The standard InChI is InChI=1S/C17H25N3O2S/c1-3-11(2)16(22)20-8-4-5-13(9-20)15(21)19-17-18-14(10-23-17)12-6-7-12/h10-13H,3-9H2,1-2H3,(H,18,19,21)/t11-,13-/m0/s1. The second-order valence-corrected chi connectivity index (χ2v) is 7.63. The van der Waals surface area contributed by atoms with Gasteiger partial charge in [0.05, 0.1) is 11.6 Å². The number of likely N-dealkylation sites (tertiary alicyclic amines) is 1. The Labute approximate surface area is 141 Å². The SMILES string of the molecule is CC[C@H](C)C(=O)N1CCC[C@H](C(=O)Nc2nc(C3CC3)cs2)C1. The molecule has 126 valence electrons. The molecule has 1 aromatic heterocycles. The van der Waals surface area contributed by atoms with E-state index >= 15 is 0 Å². The number of thiazole rings is 1. The molecule has 1 saturated carbocycles. The number of hydrogen-bond acceptors (Lipinski definition) is 4. The Bertz CT molecular complexity index is 582. The molecule has 0 unspecified atom stereocenters. The minimum absolute atomic E-state index is 0.00310. The van der Waals surface area contributed by atoms with Gasteiger partial charge in [0.25, 0.3) is 0 Å². The van der Waals surface area contributed by atoms with Crippen LogP contribution in [0.3, 0.4) is 0 Å². The highest BCUT2D eigenvalue weighted by Gasteiger charge is 2.31. The summed E-state index contributed by atoms with van der Waals surface area (Å²) >= 11 is 1.50. The van der Waals surface area contributed by atoms with E-state index in [1.807, 2.05) is 24.1 Å². The van der Waals surface area contributed by atoms with Gasteiger partial charge in [0.2, 0.25) is 11.8 Å². The van der Waals surface area contributed by atoms with Gasteiger partial charge in [0.15, 0.2) is 5.13 Å².